The van der Waals surface area contributed by atoms with E-state index in [0.29, 0.717) is 16.8 Å². The molecule has 1 aliphatic rings. The molecule has 1 aromatic heterocycles. The van der Waals surface area contributed by atoms with Gasteiger partial charge in [0.05, 0.1) is 18.7 Å². The number of hydrogen-bond acceptors (Lipinski definition) is 4. The average molecular weight is 382 g/mol. The van der Waals surface area contributed by atoms with E-state index in [4.69, 9.17) is 9.15 Å². The third kappa shape index (κ3) is 3.61. The Hall–Kier alpha value is -2.15. The van der Waals surface area contributed by atoms with E-state index < -0.39 is 17.7 Å². The Morgan fingerprint density at radius 3 is 2.96 bits per heavy atom. The lowest BCUT2D eigenvalue weighted by atomic mass is 10.1. The first kappa shape index (κ1) is 15.7. The first-order valence-electron chi connectivity index (χ1n) is 7.00. The number of rotatable bonds is 4. The molecule has 0 bridgehead atoms. The standard InChI is InChI=1S/C16H13BrFNO4/c17-11-3-4-14(13(18)7-11)23-16(21)10-6-15(20)19(8-10)9-12-2-1-5-22-12/h1-5,7,10H,6,8-9H2. The van der Waals surface area contributed by atoms with Gasteiger partial charge in [-0.3, -0.25) is 9.59 Å². The number of esters is 1. The molecule has 2 heterocycles. The molecule has 0 radical (unpaired) electrons. The van der Waals surface area contributed by atoms with Crippen LogP contribution in [-0.4, -0.2) is 23.3 Å². The van der Waals surface area contributed by atoms with E-state index in [1.165, 1.54) is 23.3 Å². The quantitative estimate of drug-likeness (QED) is 0.602. The summed E-state index contributed by atoms with van der Waals surface area (Å²) in [6.07, 6.45) is 1.58. The van der Waals surface area contributed by atoms with Gasteiger partial charge in [0.25, 0.3) is 0 Å². The molecule has 7 heteroatoms. The van der Waals surface area contributed by atoms with Crippen LogP contribution in [0.15, 0.2) is 45.5 Å². The van der Waals surface area contributed by atoms with Crippen LogP contribution in [0.5, 0.6) is 5.75 Å². The molecule has 0 saturated carbocycles. The van der Waals surface area contributed by atoms with Gasteiger partial charge in [0, 0.05) is 17.4 Å². The van der Waals surface area contributed by atoms with Gasteiger partial charge in [-0.1, -0.05) is 15.9 Å². The molecule has 1 saturated heterocycles. The molecule has 1 aliphatic heterocycles. The van der Waals surface area contributed by atoms with Gasteiger partial charge in [0.1, 0.15) is 5.76 Å². The summed E-state index contributed by atoms with van der Waals surface area (Å²) < 4.78 is 24.5. The molecule has 23 heavy (non-hydrogen) atoms. The fourth-order valence-electron chi connectivity index (χ4n) is 2.42. The van der Waals surface area contributed by atoms with Crippen molar-refractivity contribution in [1.82, 2.24) is 4.90 Å². The maximum atomic E-state index is 13.7. The van der Waals surface area contributed by atoms with Gasteiger partial charge in [0.2, 0.25) is 5.91 Å². The van der Waals surface area contributed by atoms with Gasteiger partial charge in [-0.15, -0.1) is 0 Å². The molecule has 120 valence electrons. The van der Waals surface area contributed by atoms with Crippen molar-refractivity contribution in [3.63, 3.8) is 0 Å². The first-order valence-corrected chi connectivity index (χ1v) is 7.79. The highest BCUT2D eigenvalue weighted by molar-refractivity contribution is 9.10. The van der Waals surface area contributed by atoms with Crippen molar-refractivity contribution in [3.8, 4) is 5.75 Å². The topological polar surface area (TPSA) is 59.8 Å². The summed E-state index contributed by atoms with van der Waals surface area (Å²) in [5.41, 5.74) is 0. The summed E-state index contributed by atoms with van der Waals surface area (Å²) in [4.78, 5) is 25.6. The first-order chi connectivity index (χ1) is 11.0. The highest BCUT2D eigenvalue weighted by Crippen LogP contribution is 2.25. The molecule has 1 aromatic carbocycles. The number of carbonyl (C=O) groups excluding carboxylic acids is 2. The van der Waals surface area contributed by atoms with Crippen molar-refractivity contribution in [1.29, 1.82) is 0 Å². The summed E-state index contributed by atoms with van der Waals surface area (Å²) in [6, 6.07) is 7.66. The van der Waals surface area contributed by atoms with Gasteiger partial charge in [0.15, 0.2) is 11.6 Å². The molecular weight excluding hydrogens is 369 g/mol. The van der Waals surface area contributed by atoms with E-state index >= 15 is 0 Å². The smallest absolute Gasteiger partial charge is 0.316 e. The molecule has 1 unspecified atom stereocenters. The number of likely N-dealkylation sites (tertiary alicyclic amines) is 1. The van der Waals surface area contributed by atoms with E-state index in [1.54, 1.807) is 18.2 Å². The number of amides is 1. The maximum absolute atomic E-state index is 13.7. The lowest BCUT2D eigenvalue weighted by Crippen LogP contribution is -2.27. The summed E-state index contributed by atoms with van der Waals surface area (Å²) in [7, 11) is 0. The van der Waals surface area contributed by atoms with Crippen molar-refractivity contribution >= 4 is 27.8 Å². The lowest BCUT2D eigenvalue weighted by Gasteiger charge is -2.14. The van der Waals surface area contributed by atoms with Crippen LogP contribution in [0.2, 0.25) is 0 Å². The highest BCUT2D eigenvalue weighted by atomic mass is 79.9. The second-order valence-corrected chi connectivity index (χ2v) is 6.17. The van der Waals surface area contributed by atoms with Crippen molar-refractivity contribution in [2.75, 3.05) is 6.54 Å². The van der Waals surface area contributed by atoms with Crippen molar-refractivity contribution < 1.29 is 23.1 Å². The van der Waals surface area contributed by atoms with Gasteiger partial charge in [-0.2, -0.15) is 0 Å². The molecule has 3 rings (SSSR count). The Kier molecular flexibility index (Phi) is 4.47. The van der Waals surface area contributed by atoms with Crippen LogP contribution in [0, 0.1) is 11.7 Å². The number of hydrogen-bond donors (Lipinski definition) is 0. The van der Waals surface area contributed by atoms with Crippen LogP contribution in [0.25, 0.3) is 0 Å². The largest absolute Gasteiger partial charge is 0.467 e. The zero-order valence-electron chi connectivity index (χ0n) is 12.0. The minimum Gasteiger partial charge on any atom is -0.467 e. The van der Waals surface area contributed by atoms with E-state index in [0.717, 1.165) is 0 Å². The Balaban J connectivity index is 1.63. The Bertz CT molecular complexity index is 732. The number of furan rings is 1. The summed E-state index contributed by atoms with van der Waals surface area (Å²) in [5.74, 6) is -1.51. The van der Waals surface area contributed by atoms with Crippen LogP contribution < -0.4 is 4.74 Å². The predicted octanol–water partition coefficient (Wildman–Crippen LogP) is 3.14. The van der Waals surface area contributed by atoms with E-state index in [1.807, 2.05) is 0 Å². The maximum Gasteiger partial charge on any atom is 0.316 e. The molecule has 1 amide bonds. The van der Waals surface area contributed by atoms with E-state index in [9.17, 15) is 14.0 Å². The van der Waals surface area contributed by atoms with Crippen molar-refractivity contribution in [3.05, 3.63) is 52.6 Å². The molecule has 1 fully saturated rings. The normalized spacial score (nSPS) is 17.6. The molecular formula is C16H13BrFNO4. The number of benzene rings is 1. The van der Waals surface area contributed by atoms with Crippen LogP contribution in [0.4, 0.5) is 4.39 Å². The summed E-state index contributed by atoms with van der Waals surface area (Å²) >= 11 is 3.13. The van der Waals surface area contributed by atoms with Gasteiger partial charge in [-0.25, -0.2) is 4.39 Å². The zero-order valence-corrected chi connectivity index (χ0v) is 13.6. The van der Waals surface area contributed by atoms with Crippen LogP contribution in [-0.2, 0) is 16.1 Å². The fraction of sp³-hybridized carbons (Fsp3) is 0.250. The van der Waals surface area contributed by atoms with Crippen molar-refractivity contribution in [2.45, 2.75) is 13.0 Å². The second-order valence-electron chi connectivity index (χ2n) is 5.25. The van der Waals surface area contributed by atoms with Gasteiger partial charge in [-0.05, 0) is 30.3 Å². The van der Waals surface area contributed by atoms with Gasteiger partial charge >= 0.3 is 5.97 Å². The Morgan fingerprint density at radius 1 is 1.43 bits per heavy atom. The molecule has 0 N–H and O–H groups in total. The summed E-state index contributed by atoms with van der Waals surface area (Å²) in [6.45, 7) is 0.540. The molecule has 0 spiro atoms. The van der Waals surface area contributed by atoms with E-state index in [-0.39, 0.29) is 24.6 Å². The van der Waals surface area contributed by atoms with Crippen LogP contribution in [0.3, 0.4) is 0 Å². The fourth-order valence-corrected chi connectivity index (χ4v) is 2.76. The lowest BCUT2D eigenvalue weighted by molar-refractivity contribution is -0.139. The summed E-state index contributed by atoms with van der Waals surface area (Å²) in [5, 5.41) is 0. The second kappa shape index (κ2) is 6.54. The molecule has 2 aromatic rings. The molecule has 0 aliphatic carbocycles. The minimum absolute atomic E-state index is 0.0533. The third-order valence-electron chi connectivity index (χ3n) is 3.58. The number of ether oxygens (including phenoxy) is 1. The Labute approximate surface area is 140 Å². The minimum atomic E-state index is -0.635. The van der Waals surface area contributed by atoms with Crippen LogP contribution >= 0.6 is 15.9 Å². The number of carbonyl (C=O) groups is 2. The highest BCUT2D eigenvalue weighted by Gasteiger charge is 2.36. The zero-order chi connectivity index (χ0) is 16.4. The van der Waals surface area contributed by atoms with Gasteiger partial charge < -0.3 is 14.1 Å². The number of halogens is 2. The number of nitrogens with zero attached hydrogens (tertiary/aromatic N) is 1. The average Bonchev–Trinajstić information content (AvgIpc) is 3.13. The van der Waals surface area contributed by atoms with Crippen molar-refractivity contribution in [2.24, 2.45) is 5.92 Å². The predicted molar refractivity (Wildman–Crippen MR) is 82.0 cm³/mol. The monoisotopic (exact) mass is 381 g/mol. The molecule has 5 nitrogen and oxygen atoms in total. The molecule has 1 atom stereocenters. The van der Waals surface area contributed by atoms with E-state index in [2.05, 4.69) is 15.9 Å². The Morgan fingerprint density at radius 2 is 2.26 bits per heavy atom. The SMILES string of the molecule is O=C(Oc1ccc(Br)cc1F)C1CC(=O)N(Cc2ccco2)C1. The van der Waals surface area contributed by atoms with Crippen LogP contribution in [0.1, 0.15) is 12.2 Å². The third-order valence-corrected chi connectivity index (χ3v) is 4.07.